The molecule has 1 aliphatic rings. The van der Waals surface area contributed by atoms with E-state index in [0.29, 0.717) is 0 Å². The quantitative estimate of drug-likeness (QED) is 0.196. The Labute approximate surface area is 257 Å². The van der Waals surface area contributed by atoms with Gasteiger partial charge in [0.1, 0.15) is 8.07 Å². The van der Waals surface area contributed by atoms with Gasteiger partial charge in [0.25, 0.3) is 0 Å². The summed E-state index contributed by atoms with van der Waals surface area (Å²) in [5.41, 5.74) is 9.16. The SMILES string of the molecule is C[Si]1(C)c2c(-c3ccc4c(c3)c3ccccc3n4-c3ccccc3)nc(-c3ccccc3)nc2-c2ccc3ccccc3c21. The van der Waals surface area contributed by atoms with Crippen molar-refractivity contribution in [1.29, 1.82) is 0 Å². The van der Waals surface area contributed by atoms with Crippen molar-refractivity contribution in [3.8, 4) is 39.6 Å². The zero-order valence-corrected chi connectivity index (χ0v) is 25.6. The average molecular weight is 580 g/mol. The van der Waals surface area contributed by atoms with E-state index >= 15 is 0 Å². The second-order valence-electron chi connectivity index (χ2n) is 12.2. The van der Waals surface area contributed by atoms with E-state index in [9.17, 15) is 0 Å². The molecular formula is C40H29N3Si. The fourth-order valence-electron chi connectivity index (χ4n) is 7.42. The minimum Gasteiger partial charge on any atom is -0.309 e. The zero-order valence-electron chi connectivity index (χ0n) is 24.6. The molecule has 0 radical (unpaired) electrons. The normalized spacial score (nSPS) is 13.4. The summed E-state index contributed by atoms with van der Waals surface area (Å²) < 4.78 is 2.37. The summed E-state index contributed by atoms with van der Waals surface area (Å²) in [7, 11) is -2.20. The van der Waals surface area contributed by atoms with E-state index in [4.69, 9.17) is 9.97 Å². The Balaban J connectivity index is 1.36. The molecule has 0 spiro atoms. The van der Waals surface area contributed by atoms with Gasteiger partial charge in [-0.2, -0.15) is 0 Å². The zero-order chi connectivity index (χ0) is 29.4. The molecule has 2 aromatic heterocycles. The number of benzene rings is 6. The van der Waals surface area contributed by atoms with Crippen molar-refractivity contribution in [3.63, 3.8) is 0 Å². The van der Waals surface area contributed by atoms with Gasteiger partial charge in [0.05, 0.1) is 22.4 Å². The van der Waals surface area contributed by atoms with Crippen molar-refractivity contribution < 1.29 is 0 Å². The van der Waals surface area contributed by atoms with Gasteiger partial charge in [-0.3, -0.25) is 0 Å². The predicted octanol–water partition coefficient (Wildman–Crippen LogP) is 8.86. The third kappa shape index (κ3) is 3.55. The van der Waals surface area contributed by atoms with E-state index in [2.05, 4.69) is 151 Å². The largest absolute Gasteiger partial charge is 0.309 e. The van der Waals surface area contributed by atoms with Crippen LogP contribution in [0.4, 0.5) is 0 Å². The molecule has 3 nitrogen and oxygen atoms in total. The number of para-hydroxylation sites is 2. The predicted molar refractivity (Wildman–Crippen MR) is 187 cm³/mol. The lowest BCUT2D eigenvalue weighted by molar-refractivity contribution is 1.18. The fourth-order valence-corrected chi connectivity index (χ4v) is 11.0. The van der Waals surface area contributed by atoms with E-state index in [0.717, 1.165) is 34.0 Å². The summed E-state index contributed by atoms with van der Waals surface area (Å²) in [4.78, 5) is 10.7. The topological polar surface area (TPSA) is 30.7 Å². The Bertz CT molecular complexity index is 2410. The second-order valence-corrected chi connectivity index (χ2v) is 16.5. The highest BCUT2D eigenvalue weighted by molar-refractivity contribution is 7.05. The number of rotatable bonds is 3. The minimum absolute atomic E-state index is 0.775. The summed E-state index contributed by atoms with van der Waals surface area (Å²) >= 11 is 0. The van der Waals surface area contributed by atoms with Crippen LogP contribution in [0.5, 0.6) is 0 Å². The third-order valence-electron chi connectivity index (χ3n) is 9.34. The number of nitrogens with zero attached hydrogens (tertiary/aromatic N) is 3. The fraction of sp³-hybridized carbons (Fsp3) is 0.0500. The maximum absolute atomic E-state index is 5.41. The first-order valence-corrected chi connectivity index (χ1v) is 18.2. The Morgan fingerprint density at radius 2 is 1.16 bits per heavy atom. The molecule has 0 amide bonds. The van der Waals surface area contributed by atoms with Crippen LogP contribution in [0, 0.1) is 0 Å². The van der Waals surface area contributed by atoms with E-state index in [1.165, 1.54) is 48.5 Å². The van der Waals surface area contributed by atoms with Gasteiger partial charge in [0, 0.05) is 33.2 Å². The molecule has 0 saturated carbocycles. The summed E-state index contributed by atoms with van der Waals surface area (Å²) in [6.07, 6.45) is 0. The molecular weight excluding hydrogens is 551 g/mol. The Hall–Kier alpha value is -5.32. The summed E-state index contributed by atoms with van der Waals surface area (Å²) in [5.74, 6) is 0.775. The van der Waals surface area contributed by atoms with Crippen molar-refractivity contribution in [2.24, 2.45) is 0 Å². The molecule has 6 aromatic carbocycles. The van der Waals surface area contributed by atoms with E-state index < -0.39 is 8.07 Å². The van der Waals surface area contributed by atoms with Crippen molar-refractivity contribution in [3.05, 3.63) is 140 Å². The van der Waals surface area contributed by atoms with Crippen LogP contribution in [0.3, 0.4) is 0 Å². The molecule has 3 heterocycles. The van der Waals surface area contributed by atoms with Gasteiger partial charge in [0.2, 0.25) is 0 Å². The molecule has 9 rings (SSSR count). The van der Waals surface area contributed by atoms with Crippen LogP contribution >= 0.6 is 0 Å². The van der Waals surface area contributed by atoms with Crippen LogP contribution in [0.25, 0.3) is 72.2 Å². The van der Waals surface area contributed by atoms with E-state index in [1.807, 2.05) is 6.07 Å². The van der Waals surface area contributed by atoms with Crippen LogP contribution in [0.1, 0.15) is 0 Å². The maximum Gasteiger partial charge on any atom is 0.160 e. The Morgan fingerprint density at radius 1 is 0.500 bits per heavy atom. The molecule has 0 bridgehead atoms. The van der Waals surface area contributed by atoms with Crippen LogP contribution in [0.15, 0.2) is 140 Å². The first kappa shape index (κ1) is 25.2. The summed E-state index contributed by atoms with van der Waals surface area (Å²) in [5, 5.41) is 7.90. The number of aromatic nitrogens is 3. The van der Waals surface area contributed by atoms with Crippen LogP contribution < -0.4 is 10.4 Å². The van der Waals surface area contributed by atoms with Gasteiger partial charge in [-0.25, -0.2) is 9.97 Å². The molecule has 208 valence electrons. The van der Waals surface area contributed by atoms with Gasteiger partial charge >= 0.3 is 0 Å². The van der Waals surface area contributed by atoms with Crippen LogP contribution in [-0.4, -0.2) is 22.6 Å². The van der Waals surface area contributed by atoms with E-state index in [1.54, 1.807) is 0 Å². The highest BCUT2D eigenvalue weighted by atomic mass is 28.3. The maximum atomic E-state index is 5.41. The lowest BCUT2D eigenvalue weighted by Crippen LogP contribution is -2.50. The first-order valence-electron chi connectivity index (χ1n) is 15.2. The van der Waals surface area contributed by atoms with Crippen molar-refractivity contribution in [2.45, 2.75) is 13.1 Å². The lowest BCUT2D eigenvalue weighted by atomic mass is 10.0. The third-order valence-corrected chi connectivity index (χ3v) is 12.8. The van der Waals surface area contributed by atoms with Crippen molar-refractivity contribution in [2.75, 3.05) is 0 Å². The second kappa shape index (κ2) is 9.34. The molecule has 44 heavy (non-hydrogen) atoms. The highest BCUT2D eigenvalue weighted by Crippen LogP contribution is 2.38. The van der Waals surface area contributed by atoms with E-state index in [-0.39, 0.29) is 0 Å². The Morgan fingerprint density at radius 3 is 1.98 bits per heavy atom. The smallest absolute Gasteiger partial charge is 0.160 e. The molecule has 0 atom stereocenters. The molecule has 4 heteroatoms. The Kier molecular flexibility index (Phi) is 5.35. The van der Waals surface area contributed by atoms with Gasteiger partial charge in [-0.05, 0) is 51.5 Å². The summed E-state index contributed by atoms with van der Waals surface area (Å²) in [6, 6.07) is 50.0. The minimum atomic E-state index is -2.20. The molecule has 0 saturated heterocycles. The highest BCUT2D eigenvalue weighted by Gasteiger charge is 2.43. The van der Waals surface area contributed by atoms with Gasteiger partial charge in [0.15, 0.2) is 5.82 Å². The number of hydrogen-bond donors (Lipinski definition) is 0. The van der Waals surface area contributed by atoms with Crippen molar-refractivity contribution >= 4 is 51.0 Å². The van der Waals surface area contributed by atoms with Gasteiger partial charge in [-0.15, -0.1) is 0 Å². The van der Waals surface area contributed by atoms with Crippen LogP contribution in [0.2, 0.25) is 13.1 Å². The average Bonchev–Trinajstić information content (AvgIpc) is 3.53. The molecule has 0 aliphatic carbocycles. The summed E-state index contributed by atoms with van der Waals surface area (Å²) in [6.45, 7) is 4.94. The molecule has 1 aliphatic heterocycles. The molecule has 0 N–H and O–H groups in total. The molecule has 8 aromatic rings. The van der Waals surface area contributed by atoms with Gasteiger partial charge < -0.3 is 4.57 Å². The number of hydrogen-bond acceptors (Lipinski definition) is 2. The standard InChI is InChI=1S/C40H29N3Si/c1-44(2)38-30-18-10-9-13-26(30)21-23-32(38)37-39(44)36(41-40(42-37)27-14-5-3-6-15-27)28-22-24-35-33(25-28)31-19-11-12-20-34(31)43(35)29-16-7-4-8-17-29/h3-25H,1-2H3. The number of fused-ring (bicyclic) bond motifs is 8. The monoisotopic (exact) mass is 579 g/mol. The van der Waals surface area contributed by atoms with Crippen molar-refractivity contribution in [1.82, 2.24) is 14.5 Å². The lowest BCUT2D eigenvalue weighted by Gasteiger charge is -2.23. The van der Waals surface area contributed by atoms with Gasteiger partial charge in [-0.1, -0.05) is 122 Å². The molecule has 0 fully saturated rings. The van der Waals surface area contributed by atoms with Crippen LogP contribution in [-0.2, 0) is 0 Å². The molecule has 0 unspecified atom stereocenters. The first-order chi connectivity index (χ1) is 21.6.